The van der Waals surface area contributed by atoms with Crippen LogP contribution in [0.5, 0.6) is 0 Å². The van der Waals surface area contributed by atoms with Gasteiger partial charge in [-0.1, -0.05) is 48.5 Å². The van der Waals surface area contributed by atoms with Gasteiger partial charge in [-0.3, -0.25) is 4.79 Å². The Hall–Kier alpha value is -2.13. The lowest BCUT2D eigenvalue weighted by atomic mass is 9.94. The van der Waals surface area contributed by atoms with E-state index in [1.807, 2.05) is 48.5 Å². The standard InChI is InChI=1S/C16H15NO2/c1-17-15(18)13-9-5-6-10-14(13)16(17,19)11-12-7-3-2-4-8-12/h2-10,19H,11H2,1H3. The second-order valence-electron chi connectivity index (χ2n) is 4.89. The number of fused-ring (bicyclic) bond motifs is 1. The Labute approximate surface area is 112 Å². The fraction of sp³-hybridized carbons (Fsp3) is 0.188. The van der Waals surface area contributed by atoms with Crippen molar-refractivity contribution in [2.75, 3.05) is 7.05 Å². The summed E-state index contributed by atoms with van der Waals surface area (Å²) in [6.45, 7) is 0. The normalized spacial score (nSPS) is 21.6. The lowest BCUT2D eigenvalue weighted by Crippen LogP contribution is -2.42. The van der Waals surface area contributed by atoms with Crippen molar-refractivity contribution in [1.82, 2.24) is 4.90 Å². The van der Waals surface area contributed by atoms with Crippen molar-refractivity contribution in [2.24, 2.45) is 0 Å². The van der Waals surface area contributed by atoms with Crippen LogP contribution in [0.15, 0.2) is 54.6 Å². The van der Waals surface area contributed by atoms with E-state index in [4.69, 9.17) is 0 Å². The van der Waals surface area contributed by atoms with Crippen molar-refractivity contribution >= 4 is 5.91 Å². The van der Waals surface area contributed by atoms with Crippen LogP contribution >= 0.6 is 0 Å². The van der Waals surface area contributed by atoms with Crippen LogP contribution in [0.1, 0.15) is 21.5 Å². The molecule has 0 saturated heterocycles. The van der Waals surface area contributed by atoms with Crippen molar-refractivity contribution in [3.63, 3.8) is 0 Å². The molecule has 0 aliphatic carbocycles. The summed E-state index contributed by atoms with van der Waals surface area (Å²) in [6, 6.07) is 17.0. The number of likely N-dealkylation sites (N-methyl/N-ethyl adjacent to an activating group) is 1. The van der Waals surface area contributed by atoms with Crippen molar-refractivity contribution in [3.8, 4) is 0 Å². The van der Waals surface area contributed by atoms with Gasteiger partial charge in [0.05, 0.1) is 0 Å². The minimum absolute atomic E-state index is 0.131. The number of nitrogens with zero attached hydrogens (tertiary/aromatic N) is 1. The largest absolute Gasteiger partial charge is 0.366 e. The summed E-state index contributed by atoms with van der Waals surface area (Å²) in [4.78, 5) is 13.6. The molecule has 1 unspecified atom stereocenters. The average molecular weight is 253 g/mol. The Balaban J connectivity index is 2.06. The maximum atomic E-state index is 12.2. The Morgan fingerprint density at radius 2 is 1.68 bits per heavy atom. The first kappa shape index (κ1) is 11.9. The third-order valence-corrected chi connectivity index (χ3v) is 3.74. The molecule has 19 heavy (non-hydrogen) atoms. The molecule has 1 atom stereocenters. The van der Waals surface area contributed by atoms with Crippen LogP contribution in [0.3, 0.4) is 0 Å². The van der Waals surface area contributed by atoms with E-state index < -0.39 is 5.72 Å². The first-order valence-corrected chi connectivity index (χ1v) is 6.27. The lowest BCUT2D eigenvalue weighted by Gasteiger charge is -2.31. The molecule has 1 aliphatic rings. The van der Waals surface area contributed by atoms with Crippen LogP contribution in [0.2, 0.25) is 0 Å². The van der Waals surface area contributed by atoms with Crippen molar-refractivity contribution in [1.29, 1.82) is 0 Å². The number of rotatable bonds is 2. The number of benzene rings is 2. The number of aliphatic hydroxyl groups is 1. The van der Waals surface area contributed by atoms with Crippen molar-refractivity contribution in [3.05, 3.63) is 71.3 Å². The fourth-order valence-corrected chi connectivity index (χ4v) is 2.64. The molecule has 2 aromatic rings. The Morgan fingerprint density at radius 1 is 1.05 bits per heavy atom. The van der Waals surface area contributed by atoms with E-state index in [9.17, 15) is 9.90 Å². The van der Waals surface area contributed by atoms with Gasteiger partial charge in [-0.2, -0.15) is 0 Å². The first-order valence-electron chi connectivity index (χ1n) is 6.27. The molecule has 1 aliphatic heterocycles. The van der Waals surface area contributed by atoms with E-state index in [0.29, 0.717) is 17.5 Å². The molecule has 0 aromatic heterocycles. The van der Waals surface area contributed by atoms with E-state index in [1.165, 1.54) is 4.90 Å². The number of amides is 1. The highest BCUT2D eigenvalue weighted by molar-refractivity contribution is 5.99. The topological polar surface area (TPSA) is 40.5 Å². The summed E-state index contributed by atoms with van der Waals surface area (Å²) < 4.78 is 0. The summed E-state index contributed by atoms with van der Waals surface area (Å²) in [5, 5.41) is 10.9. The van der Waals surface area contributed by atoms with Gasteiger partial charge in [0.25, 0.3) is 5.91 Å². The van der Waals surface area contributed by atoms with Gasteiger partial charge in [0.2, 0.25) is 0 Å². The highest BCUT2D eigenvalue weighted by Gasteiger charge is 2.46. The van der Waals surface area contributed by atoms with Crippen LogP contribution in [-0.2, 0) is 12.1 Å². The molecule has 2 aromatic carbocycles. The second-order valence-corrected chi connectivity index (χ2v) is 4.89. The Morgan fingerprint density at radius 3 is 2.42 bits per heavy atom. The molecule has 3 heteroatoms. The predicted octanol–water partition coefficient (Wildman–Crippen LogP) is 2.16. The zero-order valence-corrected chi connectivity index (χ0v) is 10.7. The van der Waals surface area contributed by atoms with E-state index in [2.05, 4.69) is 0 Å². The number of hydrogen-bond acceptors (Lipinski definition) is 2. The molecule has 0 radical (unpaired) electrons. The van der Waals surface area contributed by atoms with Gasteiger partial charge < -0.3 is 10.0 Å². The van der Waals surface area contributed by atoms with E-state index >= 15 is 0 Å². The zero-order valence-electron chi connectivity index (χ0n) is 10.7. The molecule has 0 saturated carbocycles. The molecule has 96 valence electrons. The summed E-state index contributed by atoms with van der Waals surface area (Å²) in [6.07, 6.45) is 0.396. The van der Waals surface area contributed by atoms with Crippen LogP contribution in [0, 0.1) is 0 Å². The fourth-order valence-electron chi connectivity index (χ4n) is 2.64. The highest BCUT2D eigenvalue weighted by atomic mass is 16.3. The second kappa shape index (κ2) is 4.21. The molecule has 0 bridgehead atoms. The molecule has 1 amide bonds. The predicted molar refractivity (Wildman–Crippen MR) is 72.6 cm³/mol. The maximum Gasteiger partial charge on any atom is 0.256 e. The molecular weight excluding hydrogens is 238 g/mol. The summed E-state index contributed by atoms with van der Waals surface area (Å²) >= 11 is 0. The van der Waals surface area contributed by atoms with Crippen molar-refractivity contribution in [2.45, 2.75) is 12.1 Å². The van der Waals surface area contributed by atoms with Gasteiger partial charge in [-0.15, -0.1) is 0 Å². The zero-order chi connectivity index (χ0) is 13.5. The summed E-state index contributed by atoms with van der Waals surface area (Å²) in [5.41, 5.74) is 1.02. The van der Waals surface area contributed by atoms with Gasteiger partial charge >= 0.3 is 0 Å². The summed E-state index contributed by atoms with van der Waals surface area (Å²) in [7, 11) is 1.64. The highest BCUT2D eigenvalue weighted by Crippen LogP contribution is 2.38. The quantitative estimate of drug-likeness (QED) is 0.891. The number of carbonyl (C=O) groups excluding carboxylic acids is 1. The van der Waals surface area contributed by atoms with Crippen LogP contribution in [0.4, 0.5) is 0 Å². The minimum atomic E-state index is -1.25. The van der Waals surface area contributed by atoms with Gasteiger partial charge in [0.1, 0.15) is 0 Å². The van der Waals surface area contributed by atoms with Gasteiger partial charge in [0, 0.05) is 24.6 Å². The first-order chi connectivity index (χ1) is 9.13. The molecule has 0 fully saturated rings. The third-order valence-electron chi connectivity index (χ3n) is 3.74. The van der Waals surface area contributed by atoms with Crippen molar-refractivity contribution < 1.29 is 9.90 Å². The van der Waals surface area contributed by atoms with Crippen LogP contribution < -0.4 is 0 Å². The molecule has 1 N–H and O–H groups in total. The van der Waals surface area contributed by atoms with Gasteiger partial charge in [0.15, 0.2) is 5.72 Å². The minimum Gasteiger partial charge on any atom is -0.366 e. The van der Waals surface area contributed by atoms with Gasteiger partial charge in [-0.05, 0) is 11.6 Å². The lowest BCUT2D eigenvalue weighted by molar-refractivity contribution is -0.0715. The smallest absolute Gasteiger partial charge is 0.256 e. The average Bonchev–Trinajstić information content (AvgIpc) is 2.63. The van der Waals surface area contributed by atoms with E-state index in [1.54, 1.807) is 13.1 Å². The maximum absolute atomic E-state index is 12.2. The molecule has 3 nitrogen and oxygen atoms in total. The Bertz CT molecular complexity index is 624. The molecule has 1 heterocycles. The SMILES string of the molecule is CN1C(=O)c2ccccc2C1(O)Cc1ccccc1. The number of hydrogen-bond donors (Lipinski definition) is 1. The van der Waals surface area contributed by atoms with Crippen LogP contribution in [0.25, 0.3) is 0 Å². The molecule has 3 rings (SSSR count). The monoisotopic (exact) mass is 253 g/mol. The Kier molecular flexibility index (Phi) is 2.64. The molecular formula is C16H15NO2. The van der Waals surface area contributed by atoms with E-state index in [-0.39, 0.29) is 5.91 Å². The summed E-state index contributed by atoms with van der Waals surface area (Å²) in [5.74, 6) is -0.131. The van der Waals surface area contributed by atoms with Crippen LogP contribution in [-0.4, -0.2) is 23.0 Å². The van der Waals surface area contributed by atoms with E-state index in [0.717, 1.165) is 5.56 Å². The molecule has 0 spiro atoms. The van der Waals surface area contributed by atoms with Gasteiger partial charge in [-0.25, -0.2) is 0 Å². The number of carbonyl (C=O) groups is 1. The third kappa shape index (κ3) is 1.74.